The van der Waals surface area contributed by atoms with E-state index in [9.17, 15) is 4.79 Å². The minimum Gasteiger partial charge on any atom is -0.497 e. The van der Waals surface area contributed by atoms with E-state index in [4.69, 9.17) is 21.1 Å². The summed E-state index contributed by atoms with van der Waals surface area (Å²) in [4.78, 5) is 20.1. The number of hydrogen-bond donors (Lipinski definition) is 0. The molecule has 152 valence electrons. The van der Waals surface area contributed by atoms with Crippen molar-refractivity contribution >= 4 is 46.2 Å². The summed E-state index contributed by atoms with van der Waals surface area (Å²) >= 11 is 7.32. The lowest BCUT2D eigenvalue weighted by Gasteiger charge is -2.17. The third-order valence-electron chi connectivity index (χ3n) is 4.21. The van der Waals surface area contributed by atoms with Crippen molar-refractivity contribution in [3.8, 4) is 11.5 Å². The van der Waals surface area contributed by atoms with E-state index < -0.39 is 0 Å². The van der Waals surface area contributed by atoms with Crippen molar-refractivity contribution in [2.45, 2.75) is 13.8 Å². The first kappa shape index (κ1) is 21.3. The van der Waals surface area contributed by atoms with Gasteiger partial charge in [-0.3, -0.25) is 9.69 Å². The molecule has 0 N–H and O–H groups in total. The molecule has 0 aliphatic carbocycles. The molecule has 1 aliphatic rings. The van der Waals surface area contributed by atoms with Crippen LogP contribution in [0.4, 0.5) is 5.69 Å². The summed E-state index contributed by atoms with van der Waals surface area (Å²) in [5.41, 5.74) is 1.56. The van der Waals surface area contributed by atoms with Gasteiger partial charge in [0, 0.05) is 23.2 Å². The van der Waals surface area contributed by atoms with Gasteiger partial charge in [-0.05, 0) is 60.2 Å². The molecule has 0 saturated carbocycles. The average molecular weight is 431 g/mol. The highest BCUT2D eigenvalue weighted by atomic mass is 35.5. The number of nitrogens with zero attached hydrogens (tertiary/aromatic N) is 2. The van der Waals surface area contributed by atoms with Crippen LogP contribution >= 0.6 is 23.4 Å². The Kier molecular flexibility index (Phi) is 6.87. The number of ether oxygens (including phenoxy) is 2. The van der Waals surface area contributed by atoms with Crippen molar-refractivity contribution in [3.63, 3.8) is 0 Å². The van der Waals surface area contributed by atoms with Crippen LogP contribution in [-0.4, -0.2) is 36.7 Å². The molecule has 1 amide bonds. The van der Waals surface area contributed by atoms with Gasteiger partial charge in [0.05, 0.1) is 24.8 Å². The van der Waals surface area contributed by atoms with E-state index in [2.05, 4.69) is 18.8 Å². The quantitative estimate of drug-likeness (QED) is 0.558. The fraction of sp³-hybridized carbons (Fsp3) is 0.273. The van der Waals surface area contributed by atoms with E-state index in [0.717, 1.165) is 11.3 Å². The van der Waals surface area contributed by atoms with Gasteiger partial charge in [0.25, 0.3) is 5.91 Å². The number of aliphatic imine (C=N–C) groups is 1. The molecular weight excluding hydrogens is 408 g/mol. The van der Waals surface area contributed by atoms with Gasteiger partial charge in [-0.25, -0.2) is 4.99 Å². The highest BCUT2D eigenvalue weighted by Crippen LogP contribution is 2.36. The fourth-order valence-electron chi connectivity index (χ4n) is 2.82. The van der Waals surface area contributed by atoms with Crippen LogP contribution in [0.5, 0.6) is 11.5 Å². The first-order chi connectivity index (χ1) is 13.9. The van der Waals surface area contributed by atoms with Gasteiger partial charge in [0.15, 0.2) is 5.17 Å². The molecule has 2 aromatic rings. The first-order valence-corrected chi connectivity index (χ1v) is 10.4. The summed E-state index contributed by atoms with van der Waals surface area (Å²) in [6.45, 7) is 4.74. The summed E-state index contributed by atoms with van der Waals surface area (Å²) in [5.74, 6) is 1.59. The molecule has 1 aliphatic heterocycles. The van der Waals surface area contributed by atoms with E-state index in [-0.39, 0.29) is 5.91 Å². The Bertz CT molecular complexity index is 955. The van der Waals surface area contributed by atoms with Crippen LogP contribution in [0.2, 0.25) is 5.02 Å². The lowest BCUT2D eigenvalue weighted by atomic mass is 10.1. The SMILES string of the molecule is COc1ccc(/C=C2\SC(=Nc3ccc(Cl)cc3)N(CC(C)C)C2=O)c(OC)c1. The molecule has 7 heteroatoms. The van der Waals surface area contributed by atoms with Crippen molar-refractivity contribution < 1.29 is 14.3 Å². The molecule has 29 heavy (non-hydrogen) atoms. The number of carbonyl (C=O) groups excluding carboxylic acids is 1. The van der Waals surface area contributed by atoms with E-state index in [1.165, 1.54) is 11.8 Å². The van der Waals surface area contributed by atoms with E-state index in [1.807, 2.05) is 30.3 Å². The Balaban J connectivity index is 1.97. The Morgan fingerprint density at radius 1 is 1.14 bits per heavy atom. The second-order valence-corrected chi connectivity index (χ2v) is 8.34. The number of thioether (sulfide) groups is 1. The molecule has 0 spiro atoms. The zero-order valence-corrected chi connectivity index (χ0v) is 18.4. The number of rotatable bonds is 6. The minimum absolute atomic E-state index is 0.0608. The third kappa shape index (κ3) is 5.14. The van der Waals surface area contributed by atoms with Crippen LogP contribution in [0, 0.1) is 5.92 Å². The molecule has 1 heterocycles. The summed E-state index contributed by atoms with van der Waals surface area (Å²) in [6.07, 6.45) is 1.84. The summed E-state index contributed by atoms with van der Waals surface area (Å²) in [5, 5.41) is 1.31. The van der Waals surface area contributed by atoms with Crippen molar-refractivity contribution in [1.82, 2.24) is 4.90 Å². The molecule has 0 bridgehead atoms. The number of benzene rings is 2. The topological polar surface area (TPSA) is 51.1 Å². The number of methoxy groups -OCH3 is 2. The maximum Gasteiger partial charge on any atom is 0.266 e. The lowest BCUT2D eigenvalue weighted by Crippen LogP contribution is -2.32. The first-order valence-electron chi connectivity index (χ1n) is 9.19. The van der Waals surface area contributed by atoms with Gasteiger partial charge >= 0.3 is 0 Å². The Morgan fingerprint density at radius 3 is 2.48 bits per heavy atom. The summed E-state index contributed by atoms with van der Waals surface area (Å²) in [7, 11) is 3.20. The van der Waals surface area contributed by atoms with Gasteiger partial charge in [0.2, 0.25) is 0 Å². The summed E-state index contributed by atoms with van der Waals surface area (Å²) < 4.78 is 10.7. The second kappa shape index (κ2) is 9.37. The smallest absolute Gasteiger partial charge is 0.266 e. The van der Waals surface area contributed by atoms with E-state index >= 15 is 0 Å². The molecule has 1 fully saturated rings. The maximum absolute atomic E-state index is 13.1. The second-order valence-electron chi connectivity index (χ2n) is 6.90. The van der Waals surface area contributed by atoms with Crippen molar-refractivity contribution in [2.24, 2.45) is 10.9 Å². The molecule has 1 saturated heterocycles. The van der Waals surface area contributed by atoms with Gasteiger partial charge in [-0.1, -0.05) is 25.4 Å². The molecule has 0 aromatic heterocycles. The van der Waals surface area contributed by atoms with Crippen LogP contribution < -0.4 is 9.47 Å². The van der Waals surface area contributed by atoms with Gasteiger partial charge in [-0.15, -0.1) is 0 Å². The van der Waals surface area contributed by atoms with Gasteiger partial charge in [-0.2, -0.15) is 0 Å². The fourth-order valence-corrected chi connectivity index (χ4v) is 3.95. The Labute approximate surface area is 180 Å². The largest absolute Gasteiger partial charge is 0.497 e. The number of hydrogen-bond acceptors (Lipinski definition) is 5. The highest BCUT2D eigenvalue weighted by molar-refractivity contribution is 8.18. The molecular formula is C22H23ClN2O3S. The number of amides is 1. The van der Waals surface area contributed by atoms with Crippen LogP contribution in [0.1, 0.15) is 19.4 Å². The van der Waals surface area contributed by atoms with Gasteiger partial charge in [0.1, 0.15) is 11.5 Å². The standard InChI is InChI=1S/C22H23ClN2O3S/c1-14(2)13-25-21(26)20(11-15-5-10-18(27-3)12-19(15)28-4)29-22(25)24-17-8-6-16(23)7-9-17/h5-12,14H,13H2,1-4H3/b20-11-,24-22?. The Hall–Kier alpha value is -2.44. The normalized spacial score (nSPS) is 16.9. The molecule has 2 aromatic carbocycles. The maximum atomic E-state index is 13.1. The lowest BCUT2D eigenvalue weighted by molar-refractivity contribution is -0.122. The monoisotopic (exact) mass is 430 g/mol. The zero-order valence-electron chi connectivity index (χ0n) is 16.8. The van der Waals surface area contributed by atoms with Crippen molar-refractivity contribution in [3.05, 3.63) is 58.0 Å². The number of amidine groups is 1. The zero-order chi connectivity index (χ0) is 21.0. The van der Waals surface area contributed by atoms with Crippen LogP contribution in [-0.2, 0) is 4.79 Å². The van der Waals surface area contributed by atoms with Crippen LogP contribution in [0.15, 0.2) is 52.4 Å². The predicted octanol–water partition coefficient (Wildman–Crippen LogP) is 5.62. The van der Waals surface area contributed by atoms with E-state index in [1.54, 1.807) is 37.3 Å². The van der Waals surface area contributed by atoms with Crippen LogP contribution in [0.3, 0.4) is 0 Å². The molecule has 3 rings (SSSR count). The highest BCUT2D eigenvalue weighted by Gasteiger charge is 2.34. The average Bonchev–Trinajstić information content (AvgIpc) is 2.98. The minimum atomic E-state index is -0.0608. The Morgan fingerprint density at radius 2 is 1.86 bits per heavy atom. The van der Waals surface area contributed by atoms with Crippen molar-refractivity contribution in [1.29, 1.82) is 0 Å². The molecule has 0 atom stereocenters. The number of carbonyl (C=O) groups is 1. The molecule has 0 unspecified atom stereocenters. The van der Waals surface area contributed by atoms with E-state index in [0.29, 0.717) is 39.1 Å². The molecule has 0 radical (unpaired) electrons. The van der Waals surface area contributed by atoms with Crippen molar-refractivity contribution in [2.75, 3.05) is 20.8 Å². The summed E-state index contributed by atoms with van der Waals surface area (Å²) in [6, 6.07) is 12.8. The van der Waals surface area contributed by atoms with Gasteiger partial charge < -0.3 is 9.47 Å². The number of halogens is 1. The predicted molar refractivity (Wildman–Crippen MR) is 120 cm³/mol. The third-order valence-corrected chi connectivity index (χ3v) is 5.47. The van der Waals surface area contributed by atoms with Crippen LogP contribution in [0.25, 0.3) is 6.08 Å². The molecule has 5 nitrogen and oxygen atoms in total.